The van der Waals surface area contributed by atoms with Crippen molar-refractivity contribution in [3.63, 3.8) is 0 Å². The number of carbonyl (C=O) groups excluding carboxylic acids is 1. The number of unbranched alkanes of at least 4 members (excludes halogenated alkanes) is 1. The number of nitrogens with zero attached hydrogens (tertiary/aromatic N) is 2. The second-order valence-corrected chi connectivity index (χ2v) is 10.2. The Bertz CT molecular complexity index is 741. The smallest absolute Gasteiger partial charge is 0.238 e. The molecule has 8 heteroatoms. The lowest BCUT2D eigenvalue weighted by Crippen LogP contribution is -2.53. The quantitative estimate of drug-likeness (QED) is 0.737. The van der Waals surface area contributed by atoms with E-state index >= 15 is 0 Å². The van der Waals surface area contributed by atoms with Crippen molar-refractivity contribution in [2.45, 2.75) is 37.5 Å². The maximum Gasteiger partial charge on any atom is 0.238 e. The summed E-state index contributed by atoms with van der Waals surface area (Å²) in [6.45, 7) is 2.94. The molecule has 0 aliphatic carbocycles. The van der Waals surface area contributed by atoms with Gasteiger partial charge < -0.3 is 4.74 Å². The molecule has 2 aliphatic heterocycles. The van der Waals surface area contributed by atoms with E-state index in [0.29, 0.717) is 38.1 Å². The summed E-state index contributed by atoms with van der Waals surface area (Å²) in [5, 5.41) is 0. The number of hydrogen-bond donors (Lipinski definition) is 0. The first-order valence-electron chi connectivity index (χ1n) is 9.01. The van der Waals surface area contributed by atoms with Crippen LogP contribution in [0.1, 0.15) is 32.6 Å². The number of piperidine rings is 1. The van der Waals surface area contributed by atoms with Crippen LogP contribution >= 0.6 is 11.8 Å². The van der Waals surface area contributed by atoms with E-state index in [2.05, 4.69) is 0 Å². The molecule has 2 saturated heterocycles. The first-order chi connectivity index (χ1) is 12.4. The third-order valence-electron chi connectivity index (χ3n) is 5.10. The predicted octanol–water partition coefficient (Wildman–Crippen LogP) is 2.70. The minimum Gasteiger partial charge on any atom is -0.497 e. The summed E-state index contributed by atoms with van der Waals surface area (Å²) in [4.78, 5) is 14.1. The third-order valence-corrected chi connectivity index (χ3v) is 8.58. The number of amides is 1. The van der Waals surface area contributed by atoms with E-state index in [4.69, 9.17) is 4.74 Å². The van der Waals surface area contributed by atoms with Crippen molar-refractivity contribution in [2.24, 2.45) is 0 Å². The molecule has 2 aliphatic rings. The Morgan fingerprint density at radius 3 is 2.42 bits per heavy atom. The van der Waals surface area contributed by atoms with Gasteiger partial charge >= 0.3 is 0 Å². The van der Waals surface area contributed by atoms with Crippen molar-refractivity contribution in [1.29, 1.82) is 0 Å². The monoisotopic (exact) mass is 398 g/mol. The lowest BCUT2D eigenvalue weighted by Gasteiger charge is -2.43. The molecule has 0 N–H and O–H groups in total. The van der Waals surface area contributed by atoms with Gasteiger partial charge in [0.05, 0.1) is 23.5 Å². The second-order valence-electron chi connectivity index (χ2n) is 6.73. The molecule has 0 bridgehead atoms. The molecule has 26 heavy (non-hydrogen) atoms. The van der Waals surface area contributed by atoms with Crippen molar-refractivity contribution < 1.29 is 17.9 Å². The van der Waals surface area contributed by atoms with Gasteiger partial charge in [0, 0.05) is 18.8 Å². The summed E-state index contributed by atoms with van der Waals surface area (Å²) in [5.41, 5.74) is 0.850. The lowest BCUT2D eigenvalue weighted by atomic mass is 10.0. The van der Waals surface area contributed by atoms with Crippen molar-refractivity contribution in [3.8, 4) is 5.75 Å². The first kappa shape index (κ1) is 19.5. The van der Waals surface area contributed by atoms with E-state index in [1.165, 1.54) is 0 Å². The fraction of sp³-hybridized carbons (Fsp3) is 0.611. The second kappa shape index (κ2) is 7.78. The van der Waals surface area contributed by atoms with Gasteiger partial charge in [0.25, 0.3) is 0 Å². The highest BCUT2D eigenvalue weighted by Gasteiger charge is 2.49. The Morgan fingerprint density at radius 2 is 1.85 bits per heavy atom. The first-order valence-corrected chi connectivity index (χ1v) is 11.6. The van der Waals surface area contributed by atoms with Crippen LogP contribution in [0.5, 0.6) is 5.75 Å². The summed E-state index contributed by atoms with van der Waals surface area (Å²) in [5.74, 6) is 1.49. The molecule has 1 aromatic carbocycles. The zero-order valence-corrected chi connectivity index (χ0v) is 16.9. The number of methoxy groups -OCH3 is 1. The molecule has 0 unspecified atom stereocenters. The van der Waals surface area contributed by atoms with Gasteiger partial charge in [-0.1, -0.05) is 13.3 Å². The summed E-state index contributed by atoms with van der Waals surface area (Å²) >= 11 is 1.64. The molecule has 2 heterocycles. The van der Waals surface area contributed by atoms with Gasteiger partial charge in [-0.15, -0.1) is 11.8 Å². The van der Waals surface area contributed by atoms with E-state index in [-0.39, 0.29) is 16.5 Å². The largest absolute Gasteiger partial charge is 0.497 e. The van der Waals surface area contributed by atoms with Crippen LogP contribution in [-0.2, 0) is 14.8 Å². The topological polar surface area (TPSA) is 66.9 Å². The van der Waals surface area contributed by atoms with Crippen molar-refractivity contribution >= 4 is 33.4 Å². The van der Waals surface area contributed by atoms with Crippen LogP contribution in [0.4, 0.5) is 5.69 Å². The van der Waals surface area contributed by atoms with E-state index in [1.807, 2.05) is 36.1 Å². The number of anilines is 1. The van der Waals surface area contributed by atoms with Crippen LogP contribution in [0, 0.1) is 0 Å². The van der Waals surface area contributed by atoms with Crippen LogP contribution in [0.25, 0.3) is 0 Å². The van der Waals surface area contributed by atoms with Gasteiger partial charge in [-0.2, -0.15) is 0 Å². The average molecular weight is 399 g/mol. The minimum absolute atomic E-state index is 0.0856. The Balaban J connectivity index is 1.76. The van der Waals surface area contributed by atoms with Crippen LogP contribution in [0.3, 0.4) is 0 Å². The molecule has 6 nitrogen and oxygen atoms in total. The third kappa shape index (κ3) is 3.73. The van der Waals surface area contributed by atoms with Gasteiger partial charge in [0.1, 0.15) is 5.75 Å². The van der Waals surface area contributed by atoms with Gasteiger partial charge in [-0.25, -0.2) is 12.7 Å². The van der Waals surface area contributed by atoms with E-state index in [0.717, 1.165) is 17.9 Å². The Labute approximate surface area is 159 Å². The molecule has 1 spiro atoms. The van der Waals surface area contributed by atoms with E-state index in [1.54, 1.807) is 23.2 Å². The van der Waals surface area contributed by atoms with E-state index in [9.17, 15) is 13.2 Å². The minimum atomic E-state index is -3.19. The Morgan fingerprint density at radius 1 is 1.19 bits per heavy atom. The molecule has 2 fully saturated rings. The highest BCUT2D eigenvalue weighted by Crippen LogP contribution is 2.47. The number of hydrogen-bond acceptors (Lipinski definition) is 5. The molecule has 0 saturated carbocycles. The average Bonchev–Trinajstić information content (AvgIpc) is 2.96. The summed E-state index contributed by atoms with van der Waals surface area (Å²) in [7, 11) is -1.58. The Kier molecular flexibility index (Phi) is 5.84. The highest BCUT2D eigenvalue weighted by atomic mass is 32.2. The summed E-state index contributed by atoms with van der Waals surface area (Å²) < 4.78 is 31.7. The van der Waals surface area contributed by atoms with Gasteiger partial charge in [0.2, 0.25) is 15.9 Å². The summed E-state index contributed by atoms with van der Waals surface area (Å²) in [6, 6.07) is 7.50. The van der Waals surface area contributed by atoms with Crippen LogP contribution in [-0.4, -0.2) is 55.2 Å². The normalized spacial score (nSPS) is 20.7. The summed E-state index contributed by atoms with van der Waals surface area (Å²) in [6.07, 6.45) is 2.86. The molecule has 1 amide bonds. The number of ether oxygens (including phenoxy) is 1. The Hall–Kier alpha value is -1.25. The fourth-order valence-electron chi connectivity index (χ4n) is 3.60. The molecule has 0 atom stereocenters. The molecule has 3 rings (SSSR count). The van der Waals surface area contributed by atoms with Crippen LogP contribution in [0.15, 0.2) is 24.3 Å². The molecule has 1 aromatic rings. The van der Waals surface area contributed by atoms with Gasteiger partial charge in [0.15, 0.2) is 0 Å². The van der Waals surface area contributed by atoms with Crippen molar-refractivity contribution in [3.05, 3.63) is 24.3 Å². The fourth-order valence-corrected chi connectivity index (χ4v) is 6.58. The zero-order chi connectivity index (χ0) is 18.8. The van der Waals surface area contributed by atoms with Crippen LogP contribution in [0.2, 0.25) is 0 Å². The molecule has 0 aromatic heterocycles. The number of rotatable bonds is 6. The molecular weight excluding hydrogens is 372 g/mol. The maximum absolute atomic E-state index is 12.6. The standard InChI is InChI=1S/C18H26N2O4S2/c1-3-4-13-26(22,23)19-11-9-18(10-12-19)20(17(21)14-25-18)15-5-7-16(24-2)8-6-15/h5-8H,3-4,9-14H2,1-2H3. The molecular formula is C18H26N2O4S2. The maximum atomic E-state index is 12.6. The van der Waals surface area contributed by atoms with E-state index < -0.39 is 10.0 Å². The number of carbonyl (C=O) groups is 1. The van der Waals surface area contributed by atoms with Crippen molar-refractivity contribution in [1.82, 2.24) is 4.31 Å². The number of thioether (sulfide) groups is 1. The predicted molar refractivity (Wildman–Crippen MR) is 105 cm³/mol. The SMILES string of the molecule is CCCCS(=O)(=O)N1CCC2(CC1)SCC(=O)N2c1ccc(OC)cc1. The zero-order valence-electron chi connectivity index (χ0n) is 15.3. The number of benzene rings is 1. The van der Waals surface area contributed by atoms with Crippen molar-refractivity contribution in [2.75, 3.05) is 36.6 Å². The van der Waals surface area contributed by atoms with Gasteiger partial charge in [-0.05, 0) is 43.5 Å². The van der Waals surface area contributed by atoms with Gasteiger partial charge in [-0.3, -0.25) is 9.69 Å². The highest BCUT2D eigenvalue weighted by molar-refractivity contribution is 8.02. The molecule has 0 radical (unpaired) electrons. The lowest BCUT2D eigenvalue weighted by molar-refractivity contribution is -0.116. The number of sulfonamides is 1. The molecule has 144 valence electrons. The van der Waals surface area contributed by atoms with Crippen LogP contribution < -0.4 is 9.64 Å².